The maximum absolute atomic E-state index is 12.6. The maximum Gasteiger partial charge on any atom is 0.472 e. The van der Waals surface area contributed by atoms with Crippen LogP contribution in [0.5, 0.6) is 0 Å². The molecule has 0 aliphatic rings. The SMILES string of the molecule is CCCCCCCC/C=C/CCCCCCCC(=O)OC(COC(=O)CCCCCCCCCCCCCCCCC)COP(=O)(O)OCC(O)CO. The molecule has 10 nitrogen and oxygen atoms in total. The molecule has 0 aliphatic carbocycles. The fraction of sp³-hybridized carbons (Fsp3) is 0.905. The van der Waals surface area contributed by atoms with E-state index in [1.807, 2.05) is 0 Å². The molecule has 0 aromatic carbocycles. The summed E-state index contributed by atoms with van der Waals surface area (Å²) in [4.78, 5) is 34.9. The second-order valence-corrected chi connectivity index (χ2v) is 16.2. The molecule has 53 heavy (non-hydrogen) atoms. The van der Waals surface area contributed by atoms with Crippen LogP contribution < -0.4 is 0 Å². The van der Waals surface area contributed by atoms with E-state index >= 15 is 0 Å². The van der Waals surface area contributed by atoms with E-state index in [4.69, 9.17) is 19.1 Å². The van der Waals surface area contributed by atoms with Gasteiger partial charge in [-0.1, -0.05) is 167 Å². The van der Waals surface area contributed by atoms with Crippen molar-refractivity contribution in [2.45, 2.75) is 219 Å². The Morgan fingerprint density at radius 1 is 0.547 bits per heavy atom. The van der Waals surface area contributed by atoms with Gasteiger partial charge in [0.2, 0.25) is 0 Å². The highest BCUT2D eigenvalue weighted by Crippen LogP contribution is 2.43. The van der Waals surface area contributed by atoms with Gasteiger partial charge in [0.25, 0.3) is 0 Å². The average Bonchev–Trinajstić information content (AvgIpc) is 3.14. The maximum atomic E-state index is 12.6. The van der Waals surface area contributed by atoms with Crippen LogP contribution in [0, 0.1) is 0 Å². The van der Waals surface area contributed by atoms with Gasteiger partial charge in [-0.15, -0.1) is 0 Å². The largest absolute Gasteiger partial charge is 0.472 e. The molecule has 314 valence electrons. The fourth-order valence-electron chi connectivity index (χ4n) is 6.05. The van der Waals surface area contributed by atoms with Gasteiger partial charge in [-0.05, 0) is 38.5 Å². The van der Waals surface area contributed by atoms with Crippen molar-refractivity contribution in [1.29, 1.82) is 0 Å². The van der Waals surface area contributed by atoms with Gasteiger partial charge in [0.15, 0.2) is 6.10 Å². The highest BCUT2D eigenvalue weighted by molar-refractivity contribution is 7.47. The van der Waals surface area contributed by atoms with Gasteiger partial charge < -0.3 is 24.6 Å². The Balaban J connectivity index is 4.28. The number of unbranched alkanes of at least 4 members (excludes halogenated alkanes) is 25. The second-order valence-electron chi connectivity index (χ2n) is 14.7. The first-order valence-electron chi connectivity index (χ1n) is 21.6. The van der Waals surface area contributed by atoms with Crippen molar-refractivity contribution in [2.24, 2.45) is 0 Å². The quantitative estimate of drug-likeness (QED) is 0.0237. The molecule has 0 aromatic heterocycles. The van der Waals surface area contributed by atoms with Crippen molar-refractivity contribution in [1.82, 2.24) is 0 Å². The number of hydrogen-bond acceptors (Lipinski definition) is 9. The Labute approximate surface area is 324 Å². The predicted molar refractivity (Wildman–Crippen MR) is 215 cm³/mol. The van der Waals surface area contributed by atoms with Crippen molar-refractivity contribution in [2.75, 3.05) is 26.4 Å². The Hall–Kier alpha value is -1.29. The number of aliphatic hydroxyl groups excluding tert-OH is 2. The van der Waals surface area contributed by atoms with E-state index in [0.717, 1.165) is 57.8 Å². The first-order valence-corrected chi connectivity index (χ1v) is 23.1. The number of carbonyl (C=O) groups excluding carboxylic acids is 2. The molecule has 0 rings (SSSR count). The topological polar surface area (TPSA) is 149 Å². The van der Waals surface area contributed by atoms with E-state index in [1.165, 1.54) is 109 Å². The zero-order chi connectivity index (χ0) is 39.1. The first kappa shape index (κ1) is 51.7. The van der Waals surface area contributed by atoms with Gasteiger partial charge in [0.05, 0.1) is 19.8 Å². The summed E-state index contributed by atoms with van der Waals surface area (Å²) in [6.45, 7) is 2.39. The molecule has 0 saturated heterocycles. The number of esters is 2. The van der Waals surface area contributed by atoms with E-state index in [9.17, 15) is 24.2 Å². The Morgan fingerprint density at radius 2 is 0.925 bits per heavy atom. The minimum atomic E-state index is -4.61. The summed E-state index contributed by atoms with van der Waals surface area (Å²) in [5.74, 6) is -0.924. The van der Waals surface area contributed by atoms with Crippen LogP contribution >= 0.6 is 7.82 Å². The van der Waals surface area contributed by atoms with Crippen molar-refractivity contribution >= 4 is 19.8 Å². The van der Waals surface area contributed by atoms with Gasteiger partial charge in [-0.3, -0.25) is 18.6 Å². The van der Waals surface area contributed by atoms with Gasteiger partial charge in [0.1, 0.15) is 12.7 Å². The molecule has 0 fully saturated rings. The normalized spacial score (nSPS) is 14.0. The molecular formula is C42H81O10P. The number of rotatable bonds is 41. The van der Waals surface area contributed by atoms with Crippen LogP contribution in [0.3, 0.4) is 0 Å². The van der Waals surface area contributed by atoms with E-state index in [-0.39, 0.29) is 19.4 Å². The Bertz CT molecular complexity index is 899. The zero-order valence-corrected chi connectivity index (χ0v) is 34.9. The standard InChI is InChI=1S/C42H81O10P/c1-3-5-7-9-11-13-15-17-19-21-23-25-27-29-31-33-41(45)49-37-40(38-51-53(47,48)50-36-39(44)35-43)52-42(46)34-32-30-28-26-24-22-20-18-16-14-12-10-8-6-4-2/h18,20,39-40,43-44H,3-17,19,21-38H2,1-2H3,(H,47,48)/b20-18+. The minimum Gasteiger partial charge on any atom is -0.462 e. The summed E-state index contributed by atoms with van der Waals surface area (Å²) >= 11 is 0. The fourth-order valence-corrected chi connectivity index (χ4v) is 6.84. The number of carbonyl (C=O) groups is 2. The number of phosphoric ester groups is 1. The van der Waals surface area contributed by atoms with E-state index in [2.05, 4.69) is 30.5 Å². The van der Waals surface area contributed by atoms with Gasteiger partial charge in [-0.2, -0.15) is 0 Å². The lowest BCUT2D eigenvalue weighted by molar-refractivity contribution is -0.161. The highest BCUT2D eigenvalue weighted by atomic mass is 31.2. The lowest BCUT2D eigenvalue weighted by Crippen LogP contribution is -2.29. The molecule has 3 atom stereocenters. The smallest absolute Gasteiger partial charge is 0.462 e. The molecule has 0 saturated carbocycles. The van der Waals surface area contributed by atoms with Gasteiger partial charge >= 0.3 is 19.8 Å². The summed E-state index contributed by atoms with van der Waals surface area (Å²) in [6, 6.07) is 0. The third kappa shape index (κ3) is 38.8. The highest BCUT2D eigenvalue weighted by Gasteiger charge is 2.27. The lowest BCUT2D eigenvalue weighted by Gasteiger charge is -2.20. The Morgan fingerprint density at radius 3 is 1.36 bits per heavy atom. The van der Waals surface area contributed by atoms with E-state index < -0.39 is 51.8 Å². The van der Waals surface area contributed by atoms with Crippen LogP contribution in [0.25, 0.3) is 0 Å². The van der Waals surface area contributed by atoms with Crippen molar-refractivity contribution < 1.29 is 47.8 Å². The van der Waals surface area contributed by atoms with Crippen molar-refractivity contribution in [3.05, 3.63) is 12.2 Å². The van der Waals surface area contributed by atoms with E-state index in [1.54, 1.807) is 0 Å². The van der Waals surface area contributed by atoms with Crippen molar-refractivity contribution in [3.8, 4) is 0 Å². The third-order valence-electron chi connectivity index (χ3n) is 9.42. The van der Waals surface area contributed by atoms with Crippen LogP contribution in [0.15, 0.2) is 12.2 Å². The summed E-state index contributed by atoms with van der Waals surface area (Å²) in [5, 5.41) is 18.3. The molecule has 0 radical (unpaired) electrons. The molecule has 0 amide bonds. The average molecular weight is 777 g/mol. The monoisotopic (exact) mass is 777 g/mol. The minimum absolute atomic E-state index is 0.178. The summed E-state index contributed by atoms with van der Waals surface area (Å²) in [6.07, 6.45) is 36.0. The number of ether oxygens (including phenoxy) is 2. The molecule has 11 heteroatoms. The summed E-state index contributed by atoms with van der Waals surface area (Å²) in [7, 11) is -4.61. The third-order valence-corrected chi connectivity index (χ3v) is 10.4. The predicted octanol–water partition coefficient (Wildman–Crippen LogP) is 11.2. The van der Waals surface area contributed by atoms with Crippen LogP contribution in [0.2, 0.25) is 0 Å². The Kier molecular flexibility index (Phi) is 38.0. The van der Waals surface area contributed by atoms with Gasteiger partial charge in [0, 0.05) is 12.8 Å². The van der Waals surface area contributed by atoms with Crippen molar-refractivity contribution in [3.63, 3.8) is 0 Å². The number of aliphatic hydroxyl groups is 2. The first-order chi connectivity index (χ1) is 25.7. The molecule has 0 heterocycles. The van der Waals surface area contributed by atoms with E-state index in [0.29, 0.717) is 12.8 Å². The van der Waals surface area contributed by atoms with Crippen LogP contribution in [0.4, 0.5) is 0 Å². The molecule has 0 aromatic rings. The van der Waals surface area contributed by atoms with Gasteiger partial charge in [-0.25, -0.2) is 4.57 Å². The summed E-state index contributed by atoms with van der Waals surface area (Å²) in [5.41, 5.74) is 0. The molecule has 3 unspecified atom stereocenters. The molecular weight excluding hydrogens is 695 g/mol. The van der Waals surface area contributed by atoms with Crippen LogP contribution in [-0.2, 0) is 32.7 Å². The molecule has 0 bridgehead atoms. The number of hydrogen-bond donors (Lipinski definition) is 3. The second kappa shape index (κ2) is 39.0. The van der Waals surface area contributed by atoms with Crippen LogP contribution in [0.1, 0.15) is 206 Å². The zero-order valence-electron chi connectivity index (χ0n) is 34.0. The van der Waals surface area contributed by atoms with Crippen LogP contribution in [-0.4, -0.2) is 65.7 Å². The lowest BCUT2D eigenvalue weighted by atomic mass is 10.0. The molecule has 0 aliphatic heterocycles. The summed E-state index contributed by atoms with van der Waals surface area (Å²) < 4.78 is 32.7. The molecule has 3 N–H and O–H groups in total. The molecule has 0 spiro atoms. The number of phosphoric acid groups is 1. The number of allylic oxidation sites excluding steroid dienone is 2.